The van der Waals surface area contributed by atoms with Crippen LogP contribution in [0.15, 0.2) is 6.07 Å². The fraction of sp³-hybridized carbons (Fsp3) is 0.300. The van der Waals surface area contributed by atoms with E-state index in [1.165, 1.54) is 7.11 Å². The Morgan fingerprint density at radius 3 is 3.07 bits per heavy atom. The molecule has 0 aliphatic carbocycles. The standard InChI is InChI=1S/C10H8ClNO3/c1-13-9-6(2-3-12)10-8(4-7(9)11)14-5-15-10/h4H,2,5H2,1H3. The molecule has 1 aromatic carbocycles. The number of ether oxygens (including phenoxy) is 3. The van der Waals surface area contributed by atoms with E-state index in [0.717, 1.165) is 0 Å². The van der Waals surface area contributed by atoms with E-state index >= 15 is 0 Å². The van der Waals surface area contributed by atoms with Gasteiger partial charge in [0, 0.05) is 6.07 Å². The van der Waals surface area contributed by atoms with Crippen LogP contribution in [-0.4, -0.2) is 13.9 Å². The maximum atomic E-state index is 8.72. The summed E-state index contributed by atoms with van der Waals surface area (Å²) < 4.78 is 15.6. The summed E-state index contributed by atoms with van der Waals surface area (Å²) in [5.41, 5.74) is 0.639. The molecule has 5 heteroatoms. The topological polar surface area (TPSA) is 51.5 Å². The van der Waals surface area contributed by atoms with Gasteiger partial charge >= 0.3 is 0 Å². The second-order valence-electron chi connectivity index (χ2n) is 2.94. The molecule has 1 aliphatic rings. The molecule has 0 saturated carbocycles. The minimum Gasteiger partial charge on any atom is -0.495 e. The Balaban J connectivity index is 2.61. The molecular weight excluding hydrogens is 218 g/mol. The van der Waals surface area contributed by atoms with Gasteiger partial charge < -0.3 is 14.2 Å². The van der Waals surface area contributed by atoms with Gasteiger partial charge in [0.05, 0.1) is 30.2 Å². The van der Waals surface area contributed by atoms with E-state index in [9.17, 15) is 0 Å². The van der Waals surface area contributed by atoms with Gasteiger partial charge in [0.1, 0.15) is 5.75 Å². The maximum Gasteiger partial charge on any atom is 0.231 e. The van der Waals surface area contributed by atoms with Gasteiger partial charge in [-0.15, -0.1) is 0 Å². The summed E-state index contributed by atoms with van der Waals surface area (Å²) in [4.78, 5) is 0. The summed E-state index contributed by atoms with van der Waals surface area (Å²) in [6.45, 7) is 0.150. The van der Waals surface area contributed by atoms with Crippen LogP contribution < -0.4 is 14.2 Å². The lowest BCUT2D eigenvalue weighted by molar-refractivity contribution is 0.173. The molecule has 0 fully saturated rings. The molecule has 0 bridgehead atoms. The van der Waals surface area contributed by atoms with Crippen molar-refractivity contribution in [3.05, 3.63) is 16.7 Å². The predicted octanol–water partition coefficient (Wildman–Crippen LogP) is 2.14. The van der Waals surface area contributed by atoms with Crippen LogP contribution in [0.4, 0.5) is 0 Å². The number of benzene rings is 1. The third kappa shape index (κ3) is 1.55. The lowest BCUT2D eigenvalue weighted by Crippen LogP contribution is -1.96. The largest absolute Gasteiger partial charge is 0.495 e. The van der Waals surface area contributed by atoms with Crippen LogP contribution in [0.3, 0.4) is 0 Å². The summed E-state index contributed by atoms with van der Waals surface area (Å²) >= 11 is 5.98. The number of hydrogen-bond acceptors (Lipinski definition) is 4. The number of halogens is 1. The molecular formula is C10H8ClNO3. The average molecular weight is 226 g/mol. The lowest BCUT2D eigenvalue weighted by atomic mass is 10.1. The van der Waals surface area contributed by atoms with Crippen molar-refractivity contribution in [1.82, 2.24) is 0 Å². The van der Waals surface area contributed by atoms with Crippen molar-refractivity contribution in [2.24, 2.45) is 0 Å². The van der Waals surface area contributed by atoms with Crippen LogP contribution >= 0.6 is 11.6 Å². The second-order valence-corrected chi connectivity index (χ2v) is 3.35. The zero-order valence-corrected chi connectivity index (χ0v) is 8.80. The Morgan fingerprint density at radius 1 is 1.60 bits per heavy atom. The van der Waals surface area contributed by atoms with Crippen LogP contribution in [0, 0.1) is 11.3 Å². The van der Waals surface area contributed by atoms with E-state index in [1.54, 1.807) is 6.07 Å². The predicted molar refractivity (Wildman–Crippen MR) is 53.4 cm³/mol. The molecule has 0 saturated heterocycles. The number of methoxy groups -OCH3 is 1. The second kappa shape index (κ2) is 3.87. The van der Waals surface area contributed by atoms with Crippen molar-refractivity contribution in [3.8, 4) is 23.3 Å². The summed E-state index contributed by atoms with van der Waals surface area (Å²) in [6, 6.07) is 3.67. The molecule has 0 spiro atoms. The fourth-order valence-electron chi connectivity index (χ4n) is 1.52. The van der Waals surface area contributed by atoms with Crippen LogP contribution in [-0.2, 0) is 6.42 Å². The third-order valence-corrected chi connectivity index (χ3v) is 2.41. The first-order valence-electron chi connectivity index (χ1n) is 4.30. The first-order chi connectivity index (χ1) is 7.27. The Morgan fingerprint density at radius 2 is 2.40 bits per heavy atom. The SMILES string of the molecule is COc1c(Cl)cc2c(c1CC#N)OCO2. The first-order valence-corrected chi connectivity index (χ1v) is 4.67. The number of nitrogens with zero attached hydrogens (tertiary/aromatic N) is 1. The highest BCUT2D eigenvalue weighted by Gasteiger charge is 2.24. The maximum absolute atomic E-state index is 8.72. The van der Waals surface area contributed by atoms with E-state index < -0.39 is 0 Å². The molecule has 0 atom stereocenters. The van der Waals surface area contributed by atoms with Gasteiger partial charge in [0.25, 0.3) is 0 Å². The molecule has 0 amide bonds. The Labute approximate surface area is 91.9 Å². The molecule has 15 heavy (non-hydrogen) atoms. The molecule has 0 aromatic heterocycles. The molecule has 0 unspecified atom stereocenters. The smallest absolute Gasteiger partial charge is 0.231 e. The van der Waals surface area contributed by atoms with E-state index in [-0.39, 0.29) is 13.2 Å². The molecule has 4 nitrogen and oxygen atoms in total. The molecule has 0 radical (unpaired) electrons. The summed E-state index contributed by atoms with van der Waals surface area (Å²) in [5.74, 6) is 1.59. The number of hydrogen-bond donors (Lipinski definition) is 0. The Kier molecular flexibility index (Phi) is 2.57. The fourth-order valence-corrected chi connectivity index (χ4v) is 1.81. The third-order valence-electron chi connectivity index (χ3n) is 2.12. The highest BCUT2D eigenvalue weighted by Crippen LogP contribution is 2.45. The number of nitriles is 1. The lowest BCUT2D eigenvalue weighted by Gasteiger charge is -2.10. The minimum absolute atomic E-state index is 0.150. The van der Waals surface area contributed by atoms with Crippen molar-refractivity contribution in [2.45, 2.75) is 6.42 Å². The van der Waals surface area contributed by atoms with Gasteiger partial charge in [-0.05, 0) is 0 Å². The van der Waals surface area contributed by atoms with E-state index in [0.29, 0.717) is 27.8 Å². The summed E-state index contributed by atoms with van der Waals surface area (Å²) in [7, 11) is 1.50. The molecule has 0 N–H and O–H groups in total. The highest BCUT2D eigenvalue weighted by atomic mass is 35.5. The van der Waals surface area contributed by atoms with Crippen LogP contribution in [0.25, 0.3) is 0 Å². The van der Waals surface area contributed by atoms with Crippen molar-refractivity contribution in [2.75, 3.05) is 13.9 Å². The monoisotopic (exact) mass is 225 g/mol. The molecule has 78 valence electrons. The number of rotatable bonds is 2. The molecule has 1 heterocycles. The van der Waals surface area contributed by atoms with Gasteiger partial charge in [0.15, 0.2) is 11.5 Å². The van der Waals surface area contributed by atoms with Gasteiger partial charge in [-0.3, -0.25) is 0 Å². The van der Waals surface area contributed by atoms with E-state index in [2.05, 4.69) is 0 Å². The Bertz CT molecular complexity index is 436. The van der Waals surface area contributed by atoms with E-state index in [1.807, 2.05) is 6.07 Å². The van der Waals surface area contributed by atoms with Crippen LogP contribution in [0.2, 0.25) is 5.02 Å². The van der Waals surface area contributed by atoms with Crippen molar-refractivity contribution in [3.63, 3.8) is 0 Å². The summed E-state index contributed by atoms with van der Waals surface area (Å²) in [6.07, 6.45) is 0.176. The summed E-state index contributed by atoms with van der Waals surface area (Å²) in [5, 5.41) is 9.14. The van der Waals surface area contributed by atoms with Gasteiger partial charge in [0.2, 0.25) is 6.79 Å². The normalized spacial score (nSPS) is 12.3. The minimum atomic E-state index is 0.150. The van der Waals surface area contributed by atoms with Crippen molar-refractivity contribution < 1.29 is 14.2 Å². The highest BCUT2D eigenvalue weighted by molar-refractivity contribution is 6.32. The molecule has 1 aliphatic heterocycles. The van der Waals surface area contributed by atoms with Gasteiger partial charge in [-0.1, -0.05) is 11.6 Å². The molecule has 1 aromatic rings. The zero-order valence-electron chi connectivity index (χ0n) is 8.04. The van der Waals surface area contributed by atoms with Crippen LogP contribution in [0.1, 0.15) is 5.56 Å². The molecule has 2 rings (SSSR count). The Hall–Kier alpha value is -1.60. The van der Waals surface area contributed by atoms with Gasteiger partial charge in [-0.25, -0.2) is 0 Å². The van der Waals surface area contributed by atoms with Crippen LogP contribution in [0.5, 0.6) is 17.2 Å². The first kappa shape index (κ1) is 9.94. The quantitative estimate of drug-likeness (QED) is 0.774. The van der Waals surface area contributed by atoms with Crippen molar-refractivity contribution >= 4 is 11.6 Å². The van der Waals surface area contributed by atoms with Crippen molar-refractivity contribution in [1.29, 1.82) is 5.26 Å². The van der Waals surface area contributed by atoms with E-state index in [4.69, 9.17) is 31.1 Å². The number of fused-ring (bicyclic) bond motifs is 1. The zero-order chi connectivity index (χ0) is 10.8. The van der Waals surface area contributed by atoms with Gasteiger partial charge in [-0.2, -0.15) is 5.26 Å². The average Bonchev–Trinajstić information content (AvgIpc) is 2.66.